The van der Waals surface area contributed by atoms with Crippen molar-refractivity contribution in [2.24, 2.45) is 5.10 Å². The van der Waals surface area contributed by atoms with Gasteiger partial charge in [-0.15, -0.1) is 0 Å². The highest BCUT2D eigenvalue weighted by Crippen LogP contribution is 2.25. The molecule has 0 spiro atoms. The number of benzene rings is 2. The molecule has 3 rings (SSSR count). The van der Waals surface area contributed by atoms with Crippen molar-refractivity contribution in [3.05, 3.63) is 54.1 Å². The molecule has 0 atom stereocenters. The molecule has 1 aliphatic heterocycles. The molecule has 5 heteroatoms. The van der Waals surface area contributed by atoms with E-state index in [4.69, 9.17) is 9.47 Å². The quantitative estimate of drug-likeness (QED) is 0.681. The van der Waals surface area contributed by atoms with Crippen molar-refractivity contribution >= 4 is 17.6 Å². The molecule has 1 aliphatic rings. The number of para-hydroxylation sites is 1. The van der Waals surface area contributed by atoms with Crippen LogP contribution in [0.25, 0.3) is 0 Å². The molecule has 1 saturated heterocycles. The summed E-state index contributed by atoms with van der Waals surface area (Å²) in [6, 6.07) is 16.0. The van der Waals surface area contributed by atoms with Gasteiger partial charge in [-0.25, -0.2) is 0 Å². The van der Waals surface area contributed by atoms with Crippen molar-refractivity contribution in [2.75, 3.05) is 43.7 Å². The maximum atomic E-state index is 5.50. The van der Waals surface area contributed by atoms with Gasteiger partial charge in [0.25, 0.3) is 0 Å². The first-order valence-electron chi connectivity index (χ1n) is 7.71. The van der Waals surface area contributed by atoms with E-state index in [2.05, 4.69) is 27.6 Å². The predicted octanol–water partition coefficient (Wildman–Crippen LogP) is 2.98. The van der Waals surface area contributed by atoms with E-state index in [1.54, 1.807) is 13.3 Å². The molecule has 0 radical (unpaired) electrons. The molecule has 0 saturated carbocycles. The molecule has 0 unspecified atom stereocenters. The van der Waals surface area contributed by atoms with Crippen LogP contribution in [0.1, 0.15) is 5.56 Å². The number of hydrogen-bond donors (Lipinski definition) is 1. The van der Waals surface area contributed by atoms with Crippen LogP contribution in [0.15, 0.2) is 53.6 Å². The van der Waals surface area contributed by atoms with Gasteiger partial charge in [-0.2, -0.15) is 5.10 Å². The van der Waals surface area contributed by atoms with E-state index in [0.29, 0.717) is 0 Å². The Hall–Kier alpha value is -2.53. The molecule has 1 N–H and O–H groups in total. The number of nitrogens with one attached hydrogen (secondary N) is 1. The molecule has 0 amide bonds. The Labute approximate surface area is 136 Å². The number of methoxy groups -OCH3 is 1. The van der Waals surface area contributed by atoms with Gasteiger partial charge in [0.1, 0.15) is 5.75 Å². The molecule has 1 heterocycles. The summed E-state index contributed by atoms with van der Waals surface area (Å²) in [5.74, 6) is 0.813. The topological polar surface area (TPSA) is 46.1 Å². The Kier molecular flexibility index (Phi) is 5.11. The first-order chi connectivity index (χ1) is 11.4. The third-order valence-electron chi connectivity index (χ3n) is 3.76. The second kappa shape index (κ2) is 7.65. The zero-order valence-electron chi connectivity index (χ0n) is 13.2. The highest BCUT2D eigenvalue weighted by molar-refractivity contribution is 5.85. The first kappa shape index (κ1) is 15.4. The minimum absolute atomic E-state index is 0.770. The Morgan fingerprint density at radius 2 is 1.91 bits per heavy atom. The van der Waals surface area contributed by atoms with E-state index < -0.39 is 0 Å². The Bertz CT molecular complexity index is 653. The number of hydrogen-bond acceptors (Lipinski definition) is 5. The van der Waals surface area contributed by atoms with Crippen LogP contribution in [0.5, 0.6) is 5.75 Å². The lowest BCUT2D eigenvalue weighted by Gasteiger charge is -2.29. The maximum absolute atomic E-state index is 5.50. The highest BCUT2D eigenvalue weighted by atomic mass is 16.5. The van der Waals surface area contributed by atoms with Crippen LogP contribution < -0.4 is 15.1 Å². The highest BCUT2D eigenvalue weighted by Gasteiger charge is 2.13. The molecular weight excluding hydrogens is 290 g/mol. The van der Waals surface area contributed by atoms with Crippen LogP contribution in [-0.4, -0.2) is 39.6 Å². The summed E-state index contributed by atoms with van der Waals surface area (Å²) in [6.07, 6.45) is 1.77. The molecule has 5 nitrogen and oxygen atoms in total. The van der Waals surface area contributed by atoms with Crippen LogP contribution >= 0.6 is 0 Å². The summed E-state index contributed by atoms with van der Waals surface area (Å²) in [6.45, 7) is 3.36. The minimum atomic E-state index is 0.770. The molecular formula is C18H21N3O2. The summed E-state index contributed by atoms with van der Waals surface area (Å²) >= 11 is 0. The molecule has 0 aliphatic carbocycles. The average Bonchev–Trinajstić information content (AvgIpc) is 2.63. The van der Waals surface area contributed by atoms with Crippen LogP contribution in [-0.2, 0) is 4.74 Å². The molecule has 1 fully saturated rings. The van der Waals surface area contributed by atoms with E-state index in [1.807, 2.05) is 36.4 Å². The van der Waals surface area contributed by atoms with Gasteiger partial charge >= 0.3 is 0 Å². The normalized spacial score (nSPS) is 14.9. The Morgan fingerprint density at radius 1 is 1.13 bits per heavy atom. The van der Waals surface area contributed by atoms with Crippen molar-refractivity contribution in [3.8, 4) is 5.75 Å². The summed E-state index contributed by atoms with van der Waals surface area (Å²) in [4.78, 5) is 2.30. The van der Waals surface area contributed by atoms with Gasteiger partial charge in [0.05, 0.1) is 32.2 Å². The van der Waals surface area contributed by atoms with Crippen molar-refractivity contribution in [2.45, 2.75) is 0 Å². The van der Waals surface area contributed by atoms with Gasteiger partial charge in [-0.05, 0) is 24.3 Å². The second-order valence-corrected chi connectivity index (χ2v) is 5.26. The van der Waals surface area contributed by atoms with Gasteiger partial charge in [0.2, 0.25) is 0 Å². The van der Waals surface area contributed by atoms with Gasteiger partial charge in [-0.3, -0.25) is 5.43 Å². The standard InChI is InChI=1S/C18H21N3O2/c1-22-18-13-17(21-9-11-23-12-10-21)8-7-15(18)14-19-20-16-5-3-2-4-6-16/h2-8,13-14,20H,9-12H2,1H3. The number of anilines is 2. The van der Waals surface area contributed by atoms with Gasteiger partial charge < -0.3 is 14.4 Å². The van der Waals surface area contributed by atoms with E-state index >= 15 is 0 Å². The van der Waals surface area contributed by atoms with Gasteiger partial charge in [0.15, 0.2) is 0 Å². The lowest BCUT2D eigenvalue weighted by atomic mass is 10.1. The molecule has 23 heavy (non-hydrogen) atoms. The van der Waals surface area contributed by atoms with Crippen molar-refractivity contribution in [1.82, 2.24) is 0 Å². The van der Waals surface area contributed by atoms with Gasteiger partial charge in [-0.1, -0.05) is 18.2 Å². The van der Waals surface area contributed by atoms with Crippen molar-refractivity contribution in [1.29, 1.82) is 0 Å². The maximum Gasteiger partial charge on any atom is 0.129 e. The molecule has 120 valence electrons. The van der Waals surface area contributed by atoms with E-state index in [-0.39, 0.29) is 0 Å². The van der Waals surface area contributed by atoms with Crippen molar-refractivity contribution < 1.29 is 9.47 Å². The third-order valence-corrected chi connectivity index (χ3v) is 3.76. The van der Waals surface area contributed by atoms with Gasteiger partial charge in [0, 0.05) is 30.4 Å². The molecule has 0 bridgehead atoms. The van der Waals surface area contributed by atoms with Crippen LogP contribution in [0.4, 0.5) is 11.4 Å². The Balaban J connectivity index is 1.71. The number of ether oxygens (including phenoxy) is 2. The fourth-order valence-corrected chi connectivity index (χ4v) is 2.51. The summed E-state index contributed by atoms with van der Waals surface area (Å²) < 4.78 is 10.9. The van der Waals surface area contributed by atoms with Crippen molar-refractivity contribution in [3.63, 3.8) is 0 Å². The zero-order chi connectivity index (χ0) is 15.9. The fourth-order valence-electron chi connectivity index (χ4n) is 2.51. The smallest absolute Gasteiger partial charge is 0.129 e. The van der Waals surface area contributed by atoms with Crippen LogP contribution in [0, 0.1) is 0 Å². The Morgan fingerprint density at radius 3 is 2.65 bits per heavy atom. The summed E-state index contributed by atoms with van der Waals surface area (Å²) in [7, 11) is 1.68. The zero-order valence-corrected chi connectivity index (χ0v) is 13.2. The lowest BCUT2D eigenvalue weighted by molar-refractivity contribution is 0.122. The van der Waals surface area contributed by atoms with Crippen LogP contribution in [0.2, 0.25) is 0 Å². The van der Waals surface area contributed by atoms with E-state index in [1.165, 1.54) is 0 Å². The molecule has 0 aromatic heterocycles. The lowest BCUT2D eigenvalue weighted by Crippen LogP contribution is -2.36. The minimum Gasteiger partial charge on any atom is -0.496 e. The van der Waals surface area contributed by atoms with E-state index in [9.17, 15) is 0 Å². The average molecular weight is 311 g/mol. The first-order valence-corrected chi connectivity index (χ1v) is 7.71. The fraction of sp³-hybridized carbons (Fsp3) is 0.278. The molecule has 2 aromatic carbocycles. The van der Waals surface area contributed by atoms with E-state index in [0.717, 1.165) is 49.0 Å². The second-order valence-electron chi connectivity index (χ2n) is 5.26. The number of morpholine rings is 1. The SMILES string of the molecule is COc1cc(N2CCOCC2)ccc1C=NNc1ccccc1. The van der Waals surface area contributed by atoms with Crippen LogP contribution in [0.3, 0.4) is 0 Å². The summed E-state index contributed by atoms with van der Waals surface area (Å²) in [5, 5.41) is 4.27. The summed E-state index contributed by atoms with van der Waals surface area (Å²) in [5.41, 5.74) is 6.05. The predicted molar refractivity (Wildman–Crippen MR) is 93.7 cm³/mol. The monoisotopic (exact) mass is 311 g/mol. The molecule has 2 aromatic rings. The largest absolute Gasteiger partial charge is 0.496 e. The number of hydrazone groups is 1. The number of rotatable bonds is 5. The third kappa shape index (κ3) is 4.02. The number of nitrogens with zero attached hydrogens (tertiary/aromatic N) is 2.